The molecular formula is C14H24N6O. The minimum atomic E-state index is -0.217. The van der Waals surface area contributed by atoms with E-state index in [-0.39, 0.29) is 23.8 Å². The van der Waals surface area contributed by atoms with Crippen LogP contribution in [0.1, 0.15) is 33.4 Å². The third-order valence-electron chi connectivity index (χ3n) is 3.05. The van der Waals surface area contributed by atoms with Crippen molar-refractivity contribution in [2.45, 2.75) is 52.7 Å². The number of carbonyl (C=O) groups excluding carboxylic acids is 1. The van der Waals surface area contributed by atoms with Crippen molar-refractivity contribution < 1.29 is 4.79 Å². The molecule has 21 heavy (non-hydrogen) atoms. The van der Waals surface area contributed by atoms with Gasteiger partial charge in [0, 0.05) is 42.6 Å². The van der Waals surface area contributed by atoms with E-state index in [0.717, 1.165) is 5.69 Å². The lowest BCUT2D eigenvalue weighted by atomic mass is 9.97. The first kappa shape index (κ1) is 17.2. The molecule has 1 aromatic rings. The summed E-state index contributed by atoms with van der Waals surface area (Å²) in [5, 5.41) is 11.2. The van der Waals surface area contributed by atoms with Crippen molar-refractivity contribution in [2.75, 3.05) is 6.54 Å². The molecule has 1 rings (SSSR count). The van der Waals surface area contributed by atoms with Gasteiger partial charge in [-0.2, -0.15) is 5.10 Å². The van der Waals surface area contributed by atoms with Gasteiger partial charge in [0.1, 0.15) is 0 Å². The molecule has 7 nitrogen and oxygen atoms in total. The molecule has 0 bridgehead atoms. The Kier molecular flexibility index (Phi) is 6.91. The Morgan fingerprint density at radius 1 is 1.48 bits per heavy atom. The lowest BCUT2D eigenvalue weighted by Gasteiger charge is -2.21. The molecule has 116 valence electrons. The molecule has 0 aliphatic rings. The number of Topliss-reactive ketones (excluding diaryl/α,β-unsaturated/α-hetero) is 1. The fourth-order valence-corrected chi connectivity index (χ4v) is 2.08. The van der Waals surface area contributed by atoms with Crippen LogP contribution in [0.15, 0.2) is 17.4 Å². The summed E-state index contributed by atoms with van der Waals surface area (Å²) in [6.07, 6.45) is 2.41. The lowest BCUT2D eigenvalue weighted by Crippen LogP contribution is -2.44. The summed E-state index contributed by atoms with van der Waals surface area (Å²) in [6.45, 7) is 8.80. The average Bonchev–Trinajstić information content (AvgIpc) is 2.84. The zero-order valence-corrected chi connectivity index (χ0v) is 13.2. The van der Waals surface area contributed by atoms with Crippen LogP contribution in [-0.4, -0.2) is 34.2 Å². The van der Waals surface area contributed by atoms with Crippen LogP contribution in [-0.2, 0) is 17.8 Å². The number of aromatic nitrogens is 2. The van der Waals surface area contributed by atoms with E-state index in [1.54, 1.807) is 4.68 Å². The molecule has 0 fully saturated rings. The minimum absolute atomic E-state index is 0.00620. The topological polar surface area (TPSA) is 95.7 Å². The van der Waals surface area contributed by atoms with Crippen LogP contribution in [0.25, 0.3) is 10.4 Å². The summed E-state index contributed by atoms with van der Waals surface area (Å²) in [6, 6.07) is 1.92. The highest BCUT2D eigenvalue weighted by Crippen LogP contribution is 2.08. The predicted molar refractivity (Wildman–Crippen MR) is 81.8 cm³/mol. The van der Waals surface area contributed by atoms with Gasteiger partial charge < -0.3 is 5.32 Å². The second-order valence-electron chi connectivity index (χ2n) is 5.66. The molecule has 0 saturated heterocycles. The smallest absolute Gasteiger partial charge is 0.152 e. The first-order valence-electron chi connectivity index (χ1n) is 7.27. The Balaban J connectivity index is 2.69. The van der Waals surface area contributed by atoms with Crippen LogP contribution in [0.2, 0.25) is 0 Å². The van der Waals surface area contributed by atoms with Crippen molar-refractivity contribution in [2.24, 2.45) is 11.0 Å². The molecule has 0 radical (unpaired) electrons. The van der Waals surface area contributed by atoms with Crippen LogP contribution >= 0.6 is 0 Å². The van der Waals surface area contributed by atoms with Gasteiger partial charge in [-0.3, -0.25) is 9.48 Å². The third-order valence-corrected chi connectivity index (χ3v) is 3.05. The van der Waals surface area contributed by atoms with Crippen LogP contribution in [0.5, 0.6) is 0 Å². The van der Waals surface area contributed by atoms with Gasteiger partial charge in [0.15, 0.2) is 5.78 Å². The molecule has 1 N–H and O–H groups in total. The standard InChI is InChI=1S/C14H24N6O/c1-10(2)14(21)13(17-11(3)4)9-12-5-7-20(18-12)8-6-16-19-15/h5,7,10-11,13,17H,6,8-9H2,1-4H3/t13-/m0/s1. The number of hydrogen-bond donors (Lipinski definition) is 1. The SMILES string of the molecule is CC(C)N[C@@H](Cc1ccn(CCN=[N+]=[N-])n1)C(=O)C(C)C. The van der Waals surface area contributed by atoms with Crippen molar-refractivity contribution in [1.82, 2.24) is 15.1 Å². The van der Waals surface area contributed by atoms with Gasteiger partial charge in [-0.1, -0.05) is 32.8 Å². The third kappa shape index (κ3) is 5.97. The van der Waals surface area contributed by atoms with Gasteiger partial charge in [0.2, 0.25) is 0 Å². The quantitative estimate of drug-likeness (QED) is 0.430. The maximum Gasteiger partial charge on any atom is 0.152 e. The summed E-state index contributed by atoms with van der Waals surface area (Å²) < 4.78 is 1.73. The lowest BCUT2D eigenvalue weighted by molar-refractivity contribution is -0.124. The Bertz CT molecular complexity index is 501. The van der Waals surface area contributed by atoms with Crippen LogP contribution < -0.4 is 5.32 Å². The maximum absolute atomic E-state index is 12.2. The van der Waals surface area contributed by atoms with Gasteiger partial charge in [0.05, 0.1) is 11.7 Å². The fraction of sp³-hybridized carbons (Fsp3) is 0.714. The molecule has 7 heteroatoms. The van der Waals surface area contributed by atoms with Crippen LogP contribution in [0, 0.1) is 5.92 Å². The van der Waals surface area contributed by atoms with E-state index in [4.69, 9.17) is 5.53 Å². The summed E-state index contributed by atoms with van der Waals surface area (Å²) >= 11 is 0. The van der Waals surface area contributed by atoms with Crippen molar-refractivity contribution in [3.63, 3.8) is 0 Å². The number of azide groups is 1. The molecule has 1 aromatic heterocycles. The monoisotopic (exact) mass is 292 g/mol. The highest BCUT2D eigenvalue weighted by atomic mass is 16.1. The predicted octanol–water partition coefficient (Wildman–Crippen LogP) is 2.33. The van der Waals surface area contributed by atoms with Gasteiger partial charge in [0.25, 0.3) is 0 Å². The highest BCUT2D eigenvalue weighted by molar-refractivity contribution is 5.86. The first-order valence-corrected chi connectivity index (χ1v) is 7.27. The zero-order valence-electron chi connectivity index (χ0n) is 13.2. The number of carbonyl (C=O) groups is 1. The van der Waals surface area contributed by atoms with E-state index in [9.17, 15) is 4.79 Å². The summed E-state index contributed by atoms with van der Waals surface area (Å²) in [7, 11) is 0. The second kappa shape index (κ2) is 8.44. The minimum Gasteiger partial charge on any atom is -0.305 e. The van der Waals surface area contributed by atoms with Crippen LogP contribution in [0.4, 0.5) is 0 Å². The van der Waals surface area contributed by atoms with Crippen molar-refractivity contribution in [3.8, 4) is 0 Å². The Morgan fingerprint density at radius 3 is 2.76 bits per heavy atom. The Labute approximate surface area is 125 Å². The summed E-state index contributed by atoms with van der Waals surface area (Å²) in [5.41, 5.74) is 9.11. The number of rotatable bonds is 9. The molecule has 0 unspecified atom stereocenters. The van der Waals surface area contributed by atoms with E-state index in [1.807, 2.05) is 40.0 Å². The highest BCUT2D eigenvalue weighted by Gasteiger charge is 2.22. The van der Waals surface area contributed by atoms with Crippen molar-refractivity contribution in [1.29, 1.82) is 0 Å². The van der Waals surface area contributed by atoms with Gasteiger partial charge in [-0.05, 0) is 11.6 Å². The molecular weight excluding hydrogens is 268 g/mol. The molecule has 0 saturated carbocycles. The second-order valence-corrected chi connectivity index (χ2v) is 5.66. The van der Waals surface area contributed by atoms with E-state index >= 15 is 0 Å². The van der Waals surface area contributed by atoms with Gasteiger partial charge in [-0.15, -0.1) is 0 Å². The summed E-state index contributed by atoms with van der Waals surface area (Å²) in [4.78, 5) is 15.0. The number of ketones is 1. The largest absolute Gasteiger partial charge is 0.305 e. The Morgan fingerprint density at radius 2 is 2.19 bits per heavy atom. The summed E-state index contributed by atoms with van der Waals surface area (Å²) in [5.74, 6) is 0.195. The molecule has 0 aromatic carbocycles. The van der Waals surface area contributed by atoms with E-state index in [2.05, 4.69) is 20.4 Å². The normalized spacial score (nSPS) is 12.5. The average molecular weight is 292 g/mol. The zero-order chi connectivity index (χ0) is 15.8. The molecule has 0 aliphatic heterocycles. The molecule has 0 aliphatic carbocycles. The number of nitrogens with one attached hydrogen (secondary N) is 1. The van der Waals surface area contributed by atoms with Crippen LogP contribution in [0.3, 0.4) is 0 Å². The molecule has 0 spiro atoms. The van der Waals surface area contributed by atoms with E-state index < -0.39 is 0 Å². The number of hydrogen-bond acceptors (Lipinski definition) is 4. The van der Waals surface area contributed by atoms with Crippen molar-refractivity contribution >= 4 is 5.78 Å². The van der Waals surface area contributed by atoms with Gasteiger partial charge >= 0.3 is 0 Å². The Hall–Kier alpha value is -1.85. The van der Waals surface area contributed by atoms with E-state index in [1.165, 1.54) is 0 Å². The molecule has 1 heterocycles. The maximum atomic E-state index is 12.2. The molecule has 0 amide bonds. The van der Waals surface area contributed by atoms with Gasteiger partial charge in [-0.25, -0.2) is 0 Å². The molecule has 1 atom stereocenters. The fourth-order valence-electron chi connectivity index (χ4n) is 2.08. The van der Waals surface area contributed by atoms with E-state index in [0.29, 0.717) is 19.5 Å². The first-order chi connectivity index (χ1) is 9.93. The number of nitrogens with zero attached hydrogens (tertiary/aromatic N) is 5. The van der Waals surface area contributed by atoms with Crippen molar-refractivity contribution in [3.05, 3.63) is 28.4 Å².